The van der Waals surface area contributed by atoms with E-state index < -0.39 is 36.5 Å². The molecule has 1 fully saturated rings. The Bertz CT molecular complexity index is 1790. The van der Waals surface area contributed by atoms with Crippen molar-refractivity contribution in [2.75, 3.05) is 26.9 Å². The van der Waals surface area contributed by atoms with Crippen molar-refractivity contribution in [3.63, 3.8) is 0 Å². The van der Waals surface area contributed by atoms with E-state index in [0.29, 0.717) is 53.2 Å². The number of guanidine groups is 1. The first-order valence-corrected chi connectivity index (χ1v) is 15.8. The van der Waals surface area contributed by atoms with E-state index in [1.807, 2.05) is 6.20 Å². The summed E-state index contributed by atoms with van der Waals surface area (Å²) in [5.41, 5.74) is 0.622. The maximum absolute atomic E-state index is 13.2. The summed E-state index contributed by atoms with van der Waals surface area (Å²) < 4.78 is 23.8. The molecule has 7 N–H and O–H groups in total. The molecule has 48 heavy (non-hydrogen) atoms. The topological polar surface area (TPSA) is 210 Å². The zero-order valence-electron chi connectivity index (χ0n) is 26.6. The van der Waals surface area contributed by atoms with Gasteiger partial charge >= 0.3 is 12.3 Å². The van der Waals surface area contributed by atoms with Gasteiger partial charge in [-0.3, -0.25) is 25.6 Å². The highest BCUT2D eigenvalue weighted by Crippen LogP contribution is 2.60. The van der Waals surface area contributed by atoms with Crippen LogP contribution in [0.1, 0.15) is 55.7 Å². The Kier molecular flexibility index (Phi) is 7.90. The highest BCUT2D eigenvalue weighted by atomic mass is 16.6. The molecule has 1 saturated carbocycles. The van der Waals surface area contributed by atoms with Gasteiger partial charge in [-0.1, -0.05) is 0 Å². The zero-order valence-corrected chi connectivity index (χ0v) is 26.6. The summed E-state index contributed by atoms with van der Waals surface area (Å²) in [5.74, 6) is -1.05. The Labute approximate surface area is 274 Å². The Hall–Kier alpha value is -4.90. The summed E-state index contributed by atoms with van der Waals surface area (Å²) in [4.78, 5) is 48.6. The molecule has 0 aromatic heterocycles. The molecule has 7 rings (SSSR count). The lowest BCUT2D eigenvalue weighted by Gasteiger charge is -2.37. The Morgan fingerprint density at radius 2 is 2.15 bits per heavy atom. The van der Waals surface area contributed by atoms with Gasteiger partial charge in [0.1, 0.15) is 36.1 Å². The van der Waals surface area contributed by atoms with Gasteiger partial charge in [0.15, 0.2) is 13.0 Å². The van der Waals surface area contributed by atoms with E-state index in [1.54, 1.807) is 26.1 Å². The molecule has 1 aliphatic carbocycles. The highest BCUT2D eigenvalue weighted by Gasteiger charge is 2.52. The molecule has 5 heterocycles. The number of aliphatic hydroxyl groups is 2. The number of aldehydes is 1. The third-order valence-corrected chi connectivity index (χ3v) is 9.66. The Morgan fingerprint density at radius 1 is 1.33 bits per heavy atom. The van der Waals surface area contributed by atoms with Crippen molar-refractivity contribution in [2.45, 2.75) is 63.6 Å². The molecule has 16 nitrogen and oxygen atoms in total. The normalized spacial score (nSPS) is 30.6. The van der Waals surface area contributed by atoms with Gasteiger partial charge in [-0.05, 0) is 39.2 Å². The number of carbonyl (C=O) groups excluding carboxylic acids is 3. The van der Waals surface area contributed by atoms with Crippen LogP contribution in [0.25, 0.3) is 5.57 Å². The van der Waals surface area contributed by atoms with E-state index in [-0.39, 0.29) is 60.1 Å². The van der Waals surface area contributed by atoms with Crippen LogP contribution in [0, 0.1) is 5.41 Å². The fourth-order valence-corrected chi connectivity index (χ4v) is 7.56. The van der Waals surface area contributed by atoms with Crippen LogP contribution in [0.4, 0.5) is 0 Å². The average molecular weight is 664 g/mol. The quantitative estimate of drug-likeness (QED) is 0.118. The van der Waals surface area contributed by atoms with Gasteiger partial charge < -0.3 is 29.2 Å². The largest absolute Gasteiger partial charge is 0.496 e. The van der Waals surface area contributed by atoms with Gasteiger partial charge in [0.05, 0.1) is 48.8 Å². The molecule has 1 aromatic rings. The number of benzene rings is 1. The molecule has 6 aliphatic rings. The molecule has 0 spiro atoms. The smallest absolute Gasteiger partial charge is 0.375 e. The van der Waals surface area contributed by atoms with Crippen molar-refractivity contribution >= 4 is 41.2 Å². The number of amides is 1. The number of nitrogens with zero attached hydrogens (tertiary/aromatic N) is 2. The second kappa shape index (κ2) is 12.0. The fourth-order valence-electron chi connectivity index (χ4n) is 7.56. The summed E-state index contributed by atoms with van der Waals surface area (Å²) in [5, 5.41) is 35.6. The third kappa shape index (κ3) is 4.82. The standard InChI is InChI=1S/C32H35N7O9/c1-4-46-29(43)24-17(12-40)15(7-10-38-11-9-34-31(38)39-14-35-21-27(39)36-30(33)37-28(21)42)19-22(47-24)18(13-41)23-20(25(19)45-3)16-6-5-8-32(2,44)26(16)48-23/h7,9,11-12,16,26,31,34,41,44H,4-6,8,10,13-14H2,1-3H3,(H2,33,37,42)/p+2. The summed E-state index contributed by atoms with van der Waals surface area (Å²) >= 11 is 0. The van der Waals surface area contributed by atoms with Crippen LogP contribution in [-0.4, -0.2) is 90.8 Å². The van der Waals surface area contributed by atoms with Crippen LogP contribution in [0.3, 0.4) is 0 Å². The van der Waals surface area contributed by atoms with Gasteiger partial charge in [0.2, 0.25) is 17.4 Å². The lowest BCUT2D eigenvalue weighted by molar-refractivity contribution is -1.05. The predicted molar refractivity (Wildman–Crippen MR) is 167 cm³/mol. The molecule has 6 unspecified atom stereocenters. The average Bonchev–Trinajstić information content (AvgIpc) is 3.79. The number of carbonyl (C=O) groups is 3. The number of aliphatic hydroxyl groups excluding tert-OH is 1. The number of amidine groups is 1. The number of nitrogens with one attached hydrogen (secondary N) is 5. The van der Waals surface area contributed by atoms with Crippen molar-refractivity contribution in [3.05, 3.63) is 46.5 Å². The van der Waals surface area contributed by atoms with Crippen LogP contribution in [0.2, 0.25) is 0 Å². The highest BCUT2D eigenvalue weighted by molar-refractivity contribution is 6.68. The first-order chi connectivity index (χ1) is 23.1. The number of fused-ring (bicyclic) bond motifs is 5. The summed E-state index contributed by atoms with van der Waals surface area (Å²) in [7, 11) is 1.49. The zero-order chi connectivity index (χ0) is 33.9. The minimum Gasteiger partial charge on any atom is -0.496 e. The van der Waals surface area contributed by atoms with E-state index in [2.05, 4.69) is 20.6 Å². The van der Waals surface area contributed by atoms with Gasteiger partial charge in [0.25, 0.3) is 11.7 Å². The van der Waals surface area contributed by atoms with Gasteiger partial charge in [-0.15, -0.1) is 0 Å². The molecule has 16 heteroatoms. The number of allylic oxidation sites excluding steroid dienone is 2. The lowest BCUT2D eigenvalue weighted by atomic mass is 9.73. The number of hydrogen-bond donors (Lipinski definition) is 7. The summed E-state index contributed by atoms with van der Waals surface area (Å²) in [6, 6.07) is 0. The SMILES string of the molecule is CCOC(=O)C1=C(C=O)C(=CC[NH+]2C=CNC2[NH+]2CN=C3C(=O)NC(=N)N=C32)c2c(c(CO)c3c(c2OC)C2CCCC(C)(O)C2O3)O1. The van der Waals surface area contributed by atoms with Crippen LogP contribution in [0.15, 0.2) is 39.8 Å². The number of ether oxygens (including phenoxy) is 4. The van der Waals surface area contributed by atoms with Gasteiger partial charge in [-0.2, -0.15) is 9.89 Å². The molecular weight excluding hydrogens is 626 g/mol. The maximum atomic E-state index is 13.2. The molecule has 0 bridgehead atoms. The lowest BCUT2D eigenvalue weighted by Crippen LogP contribution is -3.36. The minimum absolute atomic E-state index is 0.0315. The molecule has 0 radical (unpaired) electrons. The molecular formula is C32H37N7O9+2. The van der Waals surface area contributed by atoms with Gasteiger partial charge in [0, 0.05) is 17.1 Å². The molecule has 1 aromatic carbocycles. The van der Waals surface area contributed by atoms with Crippen molar-refractivity contribution in [1.29, 1.82) is 5.41 Å². The fraction of sp³-hybridized carbons (Fsp3) is 0.438. The van der Waals surface area contributed by atoms with E-state index in [9.17, 15) is 24.6 Å². The number of quaternary nitrogens is 2. The number of methoxy groups -OCH3 is 1. The monoisotopic (exact) mass is 663 g/mol. The van der Waals surface area contributed by atoms with E-state index >= 15 is 0 Å². The second-order valence-corrected chi connectivity index (χ2v) is 12.5. The summed E-state index contributed by atoms with van der Waals surface area (Å²) in [6.07, 6.45) is 6.95. The van der Waals surface area contributed by atoms with Crippen LogP contribution < -0.4 is 34.6 Å². The van der Waals surface area contributed by atoms with Crippen molar-refractivity contribution in [1.82, 2.24) is 10.6 Å². The molecule has 6 atom stereocenters. The number of esters is 1. The second-order valence-electron chi connectivity index (χ2n) is 12.5. The molecule has 5 aliphatic heterocycles. The van der Waals surface area contributed by atoms with Crippen LogP contribution >= 0.6 is 0 Å². The summed E-state index contributed by atoms with van der Waals surface area (Å²) in [6.45, 7) is 3.35. The first-order valence-electron chi connectivity index (χ1n) is 15.8. The number of aliphatic imine (C=N–C) groups is 2. The third-order valence-electron chi connectivity index (χ3n) is 9.66. The Morgan fingerprint density at radius 3 is 2.88 bits per heavy atom. The van der Waals surface area contributed by atoms with Crippen LogP contribution in [-0.2, 0) is 25.7 Å². The van der Waals surface area contributed by atoms with Crippen molar-refractivity contribution in [3.8, 4) is 17.2 Å². The van der Waals surface area contributed by atoms with Crippen LogP contribution in [0.5, 0.6) is 17.2 Å². The van der Waals surface area contributed by atoms with Gasteiger partial charge in [-0.25, -0.2) is 14.7 Å². The molecule has 1 amide bonds. The Balaban J connectivity index is 1.35. The number of hydrogen-bond acceptors (Lipinski definition) is 12. The molecule has 252 valence electrons. The van der Waals surface area contributed by atoms with Crippen molar-refractivity contribution < 1.29 is 53.3 Å². The maximum Gasteiger partial charge on any atom is 0.375 e. The number of rotatable bonds is 8. The van der Waals surface area contributed by atoms with E-state index in [0.717, 1.165) is 16.2 Å². The molecule has 0 saturated heterocycles. The first kappa shape index (κ1) is 31.7. The predicted octanol–water partition coefficient (Wildman–Crippen LogP) is -2.24. The minimum atomic E-state index is -1.14. The van der Waals surface area contributed by atoms with Crippen molar-refractivity contribution in [2.24, 2.45) is 9.98 Å². The van der Waals surface area contributed by atoms with E-state index in [4.69, 9.17) is 24.4 Å². The van der Waals surface area contributed by atoms with E-state index in [1.165, 1.54) is 7.11 Å².